The van der Waals surface area contributed by atoms with Crippen molar-refractivity contribution < 1.29 is 9.13 Å². The molecule has 0 saturated carbocycles. The van der Waals surface area contributed by atoms with E-state index in [1.54, 1.807) is 12.3 Å². The van der Waals surface area contributed by atoms with Gasteiger partial charge in [0.1, 0.15) is 17.3 Å². The lowest BCUT2D eigenvalue weighted by Crippen LogP contribution is -2.12. The Balaban J connectivity index is 2.14. The van der Waals surface area contributed by atoms with Crippen LogP contribution in [-0.2, 0) is 6.54 Å². The third kappa shape index (κ3) is 3.91. The van der Waals surface area contributed by atoms with Crippen LogP contribution in [0.2, 0.25) is 5.02 Å². The highest BCUT2D eigenvalue weighted by atomic mass is 35.5. The lowest BCUT2D eigenvalue weighted by Gasteiger charge is -2.09. The Morgan fingerprint density at radius 3 is 2.89 bits per heavy atom. The van der Waals surface area contributed by atoms with Gasteiger partial charge in [-0.15, -0.1) is 0 Å². The van der Waals surface area contributed by atoms with Crippen LogP contribution in [0.15, 0.2) is 36.5 Å². The third-order valence-corrected chi connectivity index (χ3v) is 2.76. The molecule has 0 radical (unpaired) electrons. The van der Waals surface area contributed by atoms with Gasteiger partial charge in [-0.05, 0) is 30.8 Å². The van der Waals surface area contributed by atoms with E-state index in [0.717, 1.165) is 12.2 Å². The van der Waals surface area contributed by atoms with Gasteiger partial charge in [-0.3, -0.25) is 4.98 Å². The van der Waals surface area contributed by atoms with E-state index in [-0.39, 0.29) is 10.8 Å². The highest BCUT2D eigenvalue weighted by molar-refractivity contribution is 6.32. The summed E-state index contributed by atoms with van der Waals surface area (Å²) < 4.78 is 18.5. The summed E-state index contributed by atoms with van der Waals surface area (Å²) in [5.41, 5.74) is 0.873. The molecular weight excluding hydrogens is 267 g/mol. The fourth-order valence-electron chi connectivity index (χ4n) is 1.55. The molecule has 1 aromatic heterocycles. The summed E-state index contributed by atoms with van der Waals surface area (Å²) in [4.78, 5) is 4.22. The van der Waals surface area contributed by atoms with Crippen LogP contribution in [0.5, 0.6) is 11.5 Å². The van der Waals surface area contributed by atoms with Gasteiger partial charge in [-0.25, -0.2) is 4.39 Å². The largest absolute Gasteiger partial charge is 0.456 e. The molecule has 1 heterocycles. The summed E-state index contributed by atoms with van der Waals surface area (Å²) in [5.74, 6) is 0.653. The van der Waals surface area contributed by atoms with Crippen LogP contribution < -0.4 is 10.1 Å². The maximum Gasteiger partial charge on any atom is 0.146 e. The quantitative estimate of drug-likeness (QED) is 0.905. The first-order chi connectivity index (χ1) is 9.19. The molecule has 5 heteroatoms. The van der Waals surface area contributed by atoms with Crippen LogP contribution in [-0.4, -0.2) is 11.5 Å². The molecule has 0 saturated heterocycles. The zero-order chi connectivity index (χ0) is 13.7. The molecule has 0 aliphatic heterocycles. The third-order valence-electron chi connectivity index (χ3n) is 2.47. The lowest BCUT2D eigenvalue weighted by atomic mass is 10.3. The summed E-state index contributed by atoms with van der Waals surface area (Å²) in [6.07, 6.45) is 1.67. The van der Waals surface area contributed by atoms with Gasteiger partial charge < -0.3 is 10.1 Å². The fraction of sp³-hybridized carbons (Fsp3) is 0.214. The SMILES string of the molecule is CCNCc1cc(Oc2ccc(F)cc2Cl)ccn1. The topological polar surface area (TPSA) is 34.1 Å². The summed E-state index contributed by atoms with van der Waals surface area (Å²) in [6, 6.07) is 7.58. The molecule has 19 heavy (non-hydrogen) atoms. The van der Waals surface area contributed by atoms with E-state index in [4.69, 9.17) is 16.3 Å². The smallest absolute Gasteiger partial charge is 0.146 e. The van der Waals surface area contributed by atoms with Crippen molar-refractivity contribution in [1.29, 1.82) is 0 Å². The molecule has 0 unspecified atom stereocenters. The van der Waals surface area contributed by atoms with E-state index < -0.39 is 0 Å². The van der Waals surface area contributed by atoms with E-state index in [1.807, 2.05) is 13.0 Å². The Labute approximate surface area is 116 Å². The Morgan fingerprint density at radius 2 is 2.16 bits per heavy atom. The molecule has 0 spiro atoms. The first kappa shape index (κ1) is 13.8. The highest BCUT2D eigenvalue weighted by Gasteiger charge is 2.05. The van der Waals surface area contributed by atoms with Crippen molar-refractivity contribution in [2.24, 2.45) is 0 Å². The van der Waals surface area contributed by atoms with Crippen molar-refractivity contribution in [3.05, 3.63) is 53.1 Å². The number of aromatic nitrogens is 1. The maximum atomic E-state index is 12.9. The van der Waals surface area contributed by atoms with Crippen LogP contribution in [0.3, 0.4) is 0 Å². The van der Waals surface area contributed by atoms with Crippen molar-refractivity contribution in [1.82, 2.24) is 10.3 Å². The second-order valence-electron chi connectivity index (χ2n) is 3.94. The number of rotatable bonds is 5. The van der Waals surface area contributed by atoms with E-state index >= 15 is 0 Å². The van der Waals surface area contributed by atoms with E-state index in [9.17, 15) is 4.39 Å². The molecule has 0 fully saturated rings. The molecule has 0 aliphatic carbocycles. The number of benzene rings is 1. The second-order valence-corrected chi connectivity index (χ2v) is 4.35. The van der Waals surface area contributed by atoms with E-state index in [1.165, 1.54) is 18.2 Å². The molecule has 100 valence electrons. The predicted molar refractivity (Wildman–Crippen MR) is 73.1 cm³/mol. The minimum atomic E-state index is -0.389. The first-order valence-electron chi connectivity index (χ1n) is 5.97. The molecule has 3 nitrogen and oxygen atoms in total. The van der Waals surface area contributed by atoms with Gasteiger partial charge in [-0.1, -0.05) is 18.5 Å². The van der Waals surface area contributed by atoms with Crippen LogP contribution in [0, 0.1) is 5.82 Å². The Bertz CT molecular complexity index is 563. The van der Waals surface area contributed by atoms with E-state index in [2.05, 4.69) is 10.3 Å². The zero-order valence-electron chi connectivity index (χ0n) is 10.5. The van der Waals surface area contributed by atoms with Crippen molar-refractivity contribution in [3.8, 4) is 11.5 Å². The van der Waals surface area contributed by atoms with Gasteiger partial charge in [0, 0.05) is 18.8 Å². The van der Waals surface area contributed by atoms with Gasteiger partial charge in [0.05, 0.1) is 10.7 Å². The van der Waals surface area contributed by atoms with Crippen LogP contribution in [0.4, 0.5) is 4.39 Å². The minimum absolute atomic E-state index is 0.241. The van der Waals surface area contributed by atoms with Gasteiger partial charge in [-0.2, -0.15) is 0 Å². The Hall–Kier alpha value is -1.65. The lowest BCUT2D eigenvalue weighted by molar-refractivity contribution is 0.478. The van der Waals surface area contributed by atoms with Crippen molar-refractivity contribution >= 4 is 11.6 Å². The molecule has 1 N–H and O–H groups in total. The number of halogens is 2. The number of pyridine rings is 1. The Kier molecular flexibility index (Phi) is 4.71. The van der Waals surface area contributed by atoms with Gasteiger partial charge in [0.15, 0.2) is 0 Å². The number of hydrogen-bond donors (Lipinski definition) is 1. The summed E-state index contributed by atoms with van der Waals surface area (Å²) in [5, 5.41) is 3.42. The highest BCUT2D eigenvalue weighted by Crippen LogP contribution is 2.29. The van der Waals surface area contributed by atoms with Gasteiger partial charge in [0.25, 0.3) is 0 Å². The number of nitrogens with one attached hydrogen (secondary N) is 1. The van der Waals surface area contributed by atoms with Gasteiger partial charge >= 0.3 is 0 Å². The summed E-state index contributed by atoms with van der Waals surface area (Å²) >= 11 is 5.91. The van der Waals surface area contributed by atoms with Crippen LogP contribution >= 0.6 is 11.6 Å². The molecule has 0 bridgehead atoms. The molecule has 0 amide bonds. The van der Waals surface area contributed by atoms with Crippen LogP contribution in [0.1, 0.15) is 12.6 Å². The predicted octanol–water partition coefficient (Wildman–Crippen LogP) is 3.78. The van der Waals surface area contributed by atoms with Crippen molar-refractivity contribution in [3.63, 3.8) is 0 Å². The van der Waals surface area contributed by atoms with Crippen molar-refractivity contribution in [2.45, 2.75) is 13.5 Å². The van der Waals surface area contributed by atoms with Crippen molar-refractivity contribution in [2.75, 3.05) is 6.54 Å². The fourth-order valence-corrected chi connectivity index (χ4v) is 1.76. The normalized spacial score (nSPS) is 10.5. The van der Waals surface area contributed by atoms with E-state index in [0.29, 0.717) is 18.0 Å². The second kappa shape index (κ2) is 6.50. The first-order valence-corrected chi connectivity index (χ1v) is 6.35. The summed E-state index contributed by atoms with van der Waals surface area (Å²) in [7, 11) is 0. The summed E-state index contributed by atoms with van der Waals surface area (Å²) in [6.45, 7) is 3.57. The molecule has 2 rings (SSSR count). The maximum absolute atomic E-state index is 12.9. The molecule has 2 aromatic rings. The van der Waals surface area contributed by atoms with Gasteiger partial charge in [0.2, 0.25) is 0 Å². The average molecular weight is 281 g/mol. The van der Waals surface area contributed by atoms with Crippen LogP contribution in [0.25, 0.3) is 0 Å². The molecular formula is C14H14ClFN2O. The minimum Gasteiger partial charge on any atom is -0.456 e. The molecule has 0 aliphatic rings. The average Bonchev–Trinajstić information content (AvgIpc) is 2.40. The number of ether oxygens (including phenoxy) is 1. The standard InChI is InChI=1S/C14H14ClFN2O/c1-2-17-9-11-8-12(5-6-18-11)19-14-4-3-10(16)7-13(14)15/h3-8,17H,2,9H2,1H3. The number of hydrogen-bond acceptors (Lipinski definition) is 3. The monoisotopic (exact) mass is 280 g/mol. The molecule has 1 aromatic carbocycles. The Morgan fingerprint density at radius 1 is 1.32 bits per heavy atom. The molecule has 0 atom stereocenters. The zero-order valence-corrected chi connectivity index (χ0v) is 11.2. The number of nitrogens with zero attached hydrogens (tertiary/aromatic N) is 1.